The minimum Gasteiger partial charge on any atom is -0.390 e. The summed E-state index contributed by atoms with van der Waals surface area (Å²) in [5, 5.41) is 22.6. The number of azide groups is 1. The van der Waals surface area contributed by atoms with Crippen LogP contribution in [0.5, 0.6) is 0 Å². The minimum atomic E-state index is -4.75. The van der Waals surface area contributed by atoms with Crippen LogP contribution in [0.2, 0.25) is 0 Å². The van der Waals surface area contributed by atoms with E-state index < -0.39 is 29.5 Å². The summed E-state index contributed by atoms with van der Waals surface area (Å²) in [4.78, 5) is 13.1. The number of hydrogen-bond acceptors (Lipinski definition) is 4. The predicted octanol–water partition coefficient (Wildman–Crippen LogP) is 2.61. The number of benzene rings is 1. The molecule has 0 aliphatic carbocycles. The molecule has 0 spiro atoms. The van der Waals surface area contributed by atoms with Crippen LogP contribution in [0.1, 0.15) is 34.0 Å². The number of aliphatic hydroxyl groups excluding tert-OH is 2. The Bertz CT molecular complexity index is 556. The highest BCUT2D eigenvalue weighted by atomic mass is 19.4. The molecule has 2 N–H and O–H groups in total. The van der Waals surface area contributed by atoms with Crippen molar-refractivity contribution in [2.45, 2.75) is 24.8 Å². The average Bonchev–Trinajstić information content (AvgIpc) is 2.45. The first kappa shape index (κ1) is 17.0. The Kier molecular flexibility index (Phi) is 5.71. The van der Waals surface area contributed by atoms with E-state index in [-0.39, 0.29) is 24.8 Å². The topological polar surface area (TPSA) is 106 Å². The van der Waals surface area contributed by atoms with Gasteiger partial charge in [0.1, 0.15) is 6.10 Å². The Morgan fingerprint density at radius 3 is 2.57 bits per heavy atom. The Balaban J connectivity index is 3.02. The number of carbonyl (C=O) groups is 1. The van der Waals surface area contributed by atoms with Gasteiger partial charge in [0.2, 0.25) is 0 Å². The Labute approximate surface area is 117 Å². The van der Waals surface area contributed by atoms with Crippen LogP contribution in [0.25, 0.3) is 10.4 Å². The van der Waals surface area contributed by atoms with Gasteiger partial charge in [-0.15, -0.1) is 0 Å². The van der Waals surface area contributed by atoms with Crippen LogP contribution >= 0.6 is 0 Å². The first-order chi connectivity index (χ1) is 9.81. The van der Waals surface area contributed by atoms with Crippen molar-refractivity contribution in [1.29, 1.82) is 0 Å². The molecule has 0 amide bonds. The molecule has 1 rings (SSSR count). The normalized spacial score (nSPS) is 14.1. The number of hydrogen-bond donors (Lipinski definition) is 2. The summed E-state index contributed by atoms with van der Waals surface area (Å²) in [6, 6.07) is 2.67. The van der Waals surface area contributed by atoms with Crippen molar-refractivity contribution in [1.82, 2.24) is 0 Å². The molecule has 0 bridgehead atoms. The van der Waals surface area contributed by atoms with Crippen LogP contribution in [0.3, 0.4) is 0 Å². The van der Waals surface area contributed by atoms with Crippen LogP contribution < -0.4 is 0 Å². The van der Waals surface area contributed by atoms with E-state index in [1.54, 1.807) is 0 Å². The molecule has 0 radical (unpaired) electrons. The zero-order valence-corrected chi connectivity index (χ0v) is 10.7. The van der Waals surface area contributed by atoms with E-state index in [9.17, 15) is 28.2 Å². The van der Waals surface area contributed by atoms with Gasteiger partial charge in [0.15, 0.2) is 6.29 Å². The SMILES string of the molecule is [N-]=[N+]=NCCC(O)C(O)c1ccc(C=O)c(C(F)(F)F)c1. The fourth-order valence-corrected chi connectivity index (χ4v) is 1.72. The Morgan fingerprint density at radius 2 is 2.05 bits per heavy atom. The highest BCUT2D eigenvalue weighted by Gasteiger charge is 2.34. The summed E-state index contributed by atoms with van der Waals surface area (Å²) in [6.45, 7) is -0.104. The van der Waals surface area contributed by atoms with Gasteiger partial charge in [0.25, 0.3) is 0 Å². The maximum absolute atomic E-state index is 12.8. The quantitative estimate of drug-likeness (QED) is 0.365. The summed E-state index contributed by atoms with van der Waals surface area (Å²) in [6.07, 6.45) is -7.76. The highest BCUT2D eigenvalue weighted by molar-refractivity contribution is 5.77. The van der Waals surface area contributed by atoms with Gasteiger partial charge in [0.05, 0.1) is 11.7 Å². The zero-order chi connectivity index (χ0) is 16.0. The minimum absolute atomic E-state index is 0.0665. The smallest absolute Gasteiger partial charge is 0.390 e. The average molecular weight is 303 g/mol. The second-order valence-corrected chi connectivity index (χ2v) is 4.22. The molecule has 6 nitrogen and oxygen atoms in total. The van der Waals surface area contributed by atoms with Crippen LogP contribution in [0, 0.1) is 0 Å². The third-order valence-corrected chi connectivity index (χ3v) is 2.80. The van der Waals surface area contributed by atoms with E-state index in [1.165, 1.54) is 0 Å². The molecule has 0 aliphatic heterocycles. The van der Waals surface area contributed by atoms with Gasteiger partial charge in [-0.3, -0.25) is 4.79 Å². The molecular formula is C12H12F3N3O3. The third-order valence-electron chi connectivity index (χ3n) is 2.80. The predicted molar refractivity (Wildman–Crippen MR) is 66.4 cm³/mol. The number of aldehydes is 1. The van der Waals surface area contributed by atoms with Crippen LogP contribution in [0.15, 0.2) is 23.3 Å². The van der Waals surface area contributed by atoms with Crippen molar-refractivity contribution < 1.29 is 28.2 Å². The van der Waals surface area contributed by atoms with E-state index in [0.717, 1.165) is 12.1 Å². The Morgan fingerprint density at radius 1 is 1.38 bits per heavy atom. The molecule has 0 fully saturated rings. The first-order valence-corrected chi connectivity index (χ1v) is 5.84. The molecule has 1 aromatic rings. The summed E-state index contributed by atoms with van der Waals surface area (Å²) in [5.74, 6) is 0. The van der Waals surface area contributed by atoms with E-state index in [2.05, 4.69) is 10.0 Å². The molecule has 114 valence electrons. The van der Waals surface area contributed by atoms with Gasteiger partial charge in [-0.25, -0.2) is 0 Å². The molecule has 9 heteroatoms. The lowest BCUT2D eigenvalue weighted by atomic mass is 9.97. The lowest BCUT2D eigenvalue weighted by Gasteiger charge is -2.19. The molecular weight excluding hydrogens is 291 g/mol. The van der Waals surface area contributed by atoms with Crippen LogP contribution in [-0.4, -0.2) is 29.1 Å². The number of rotatable bonds is 6. The van der Waals surface area contributed by atoms with Gasteiger partial charge >= 0.3 is 6.18 Å². The first-order valence-electron chi connectivity index (χ1n) is 5.84. The molecule has 0 heterocycles. The number of nitrogens with zero attached hydrogens (tertiary/aromatic N) is 3. The third kappa shape index (κ3) is 4.45. The van der Waals surface area contributed by atoms with E-state index >= 15 is 0 Å². The van der Waals surface area contributed by atoms with Crippen molar-refractivity contribution >= 4 is 6.29 Å². The maximum Gasteiger partial charge on any atom is 0.417 e. The van der Waals surface area contributed by atoms with Gasteiger partial charge in [-0.2, -0.15) is 13.2 Å². The van der Waals surface area contributed by atoms with Crippen molar-refractivity contribution in [2.24, 2.45) is 5.11 Å². The zero-order valence-electron chi connectivity index (χ0n) is 10.7. The van der Waals surface area contributed by atoms with Crippen LogP contribution in [0.4, 0.5) is 13.2 Å². The van der Waals surface area contributed by atoms with Crippen molar-refractivity contribution in [3.05, 3.63) is 45.3 Å². The van der Waals surface area contributed by atoms with Crippen molar-refractivity contribution in [3.8, 4) is 0 Å². The van der Waals surface area contributed by atoms with E-state index in [0.29, 0.717) is 6.07 Å². The van der Waals surface area contributed by atoms with E-state index in [1.807, 2.05) is 0 Å². The molecule has 0 saturated heterocycles. The summed E-state index contributed by atoms with van der Waals surface area (Å²) in [5.41, 5.74) is 6.16. The molecule has 1 aromatic carbocycles. The van der Waals surface area contributed by atoms with Gasteiger partial charge < -0.3 is 10.2 Å². The number of halogens is 3. The number of carbonyl (C=O) groups excluding carboxylic acids is 1. The highest BCUT2D eigenvalue weighted by Crippen LogP contribution is 2.33. The van der Waals surface area contributed by atoms with Crippen molar-refractivity contribution in [2.75, 3.05) is 6.54 Å². The molecule has 0 aromatic heterocycles. The monoisotopic (exact) mass is 303 g/mol. The summed E-state index contributed by atoms with van der Waals surface area (Å²) in [7, 11) is 0. The van der Waals surface area contributed by atoms with Crippen molar-refractivity contribution in [3.63, 3.8) is 0 Å². The summed E-state index contributed by atoms with van der Waals surface area (Å²) < 4.78 is 38.3. The molecule has 21 heavy (non-hydrogen) atoms. The van der Waals surface area contributed by atoms with Gasteiger partial charge in [-0.1, -0.05) is 17.2 Å². The Hall–Kier alpha value is -2.09. The second kappa shape index (κ2) is 7.07. The molecule has 0 aliphatic rings. The molecule has 2 atom stereocenters. The standard InChI is InChI=1S/C12H12F3N3O3/c13-12(14,15)9-5-7(1-2-8(9)6-19)11(21)10(20)3-4-17-18-16/h1-2,5-6,10-11,20-21H,3-4H2. The lowest BCUT2D eigenvalue weighted by molar-refractivity contribution is -0.138. The largest absolute Gasteiger partial charge is 0.417 e. The lowest BCUT2D eigenvalue weighted by Crippen LogP contribution is -2.20. The fraction of sp³-hybridized carbons (Fsp3) is 0.417. The van der Waals surface area contributed by atoms with Crippen LogP contribution in [-0.2, 0) is 6.18 Å². The molecule has 0 saturated carbocycles. The number of alkyl halides is 3. The molecule has 2 unspecified atom stereocenters. The second-order valence-electron chi connectivity index (χ2n) is 4.22. The summed E-state index contributed by atoms with van der Waals surface area (Å²) >= 11 is 0. The maximum atomic E-state index is 12.8. The van der Waals surface area contributed by atoms with E-state index in [4.69, 9.17) is 5.53 Å². The van der Waals surface area contributed by atoms with Gasteiger partial charge in [-0.05, 0) is 23.6 Å². The fourth-order valence-electron chi connectivity index (χ4n) is 1.72. The number of aliphatic hydroxyl groups is 2. The van der Waals surface area contributed by atoms with Gasteiger partial charge in [0, 0.05) is 17.0 Å².